The van der Waals surface area contributed by atoms with Gasteiger partial charge < -0.3 is 10.2 Å². The molecule has 0 saturated carbocycles. The molecule has 8 heteroatoms. The minimum absolute atomic E-state index is 0. The van der Waals surface area contributed by atoms with E-state index in [1.165, 1.54) is 0 Å². The highest BCUT2D eigenvalue weighted by atomic mass is 35.5. The van der Waals surface area contributed by atoms with E-state index in [4.69, 9.17) is 0 Å². The Labute approximate surface area is 162 Å². The van der Waals surface area contributed by atoms with Crippen LogP contribution >= 0.6 is 24.8 Å². The van der Waals surface area contributed by atoms with Crippen molar-refractivity contribution in [3.63, 3.8) is 0 Å². The van der Waals surface area contributed by atoms with Crippen molar-refractivity contribution in [2.45, 2.75) is 11.3 Å². The quantitative estimate of drug-likeness (QED) is 0.723. The molecule has 0 atom stereocenters. The Bertz CT molecular complexity index is 760. The van der Waals surface area contributed by atoms with Gasteiger partial charge >= 0.3 is 0 Å². The van der Waals surface area contributed by atoms with Crippen molar-refractivity contribution in [2.24, 2.45) is 0 Å². The second kappa shape index (κ2) is 10.3. The van der Waals surface area contributed by atoms with Gasteiger partial charge in [0.15, 0.2) is 0 Å². The Morgan fingerprint density at radius 1 is 1.00 bits per heavy atom. The molecule has 0 aliphatic carbocycles. The number of rotatable bonds is 6. The van der Waals surface area contributed by atoms with Crippen LogP contribution in [-0.2, 0) is 10.0 Å². The first-order valence-corrected chi connectivity index (χ1v) is 9.56. The van der Waals surface area contributed by atoms with Gasteiger partial charge in [-0.1, -0.05) is 36.4 Å². The van der Waals surface area contributed by atoms with Crippen LogP contribution in [0.1, 0.15) is 6.42 Å². The minimum atomic E-state index is -3.47. The van der Waals surface area contributed by atoms with Crippen LogP contribution in [0.25, 0.3) is 10.8 Å². The first-order valence-electron chi connectivity index (χ1n) is 8.07. The molecule has 1 saturated heterocycles. The van der Waals surface area contributed by atoms with Gasteiger partial charge in [-0.15, -0.1) is 24.8 Å². The molecule has 0 aromatic heterocycles. The molecule has 2 N–H and O–H groups in total. The predicted octanol–water partition coefficient (Wildman–Crippen LogP) is 2.26. The van der Waals surface area contributed by atoms with Crippen LogP contribution in [0.15, 0.2) is 47.4 Å². The lowest BCUT2D eigenvalue weighted by atomic mass is 10.1. The number of benzene rings is 2. The van der Waals surface area contributed by atoms with E-state index < -0.39 is 10.0 Å². The summed E-state index contributed by atoms with van der Waals surface area (Å²) in [5, 5.41) is 5.02. The Morgan fingerprint density at radius 2 is 1.68 bits per heavy atom. The number of piperazine rings is 1. The molecule has 140 valence electrons. The van der Waals surface area contributed by atoms with Gasteiger partial charge in [0.1, 0.15) is 0 Å². The molecule has 0 unspecified atom stereocenters. The Morgan fingerprint density at radius 3 is 2.44 bits per heavy atom. The summed E-state index contributed by atoms with van der Waals surface area (Å²) >= 11 is 0. The number of hydrogen-bond donors (Lipinski definition) is 2. The summed E-state index contributed by atoms with van der Waals surface area (Å²) in [6.45, 7) is 5.50. The maximum absolute atomic E-state index is 12.6. The highest BCUT2D eigenvalue weighted by Crippen LogP contribution is 2.22. The zero-order valence-electron chi connectivity index (χ0n) is 14.0. The summed E-state index contributed by atoms with van der Waals surface area (Å²) in [5.74, 6) is 0. The summed E-state index contributed by atoms with van der Waals surface area (Å²) in [6, 6.07) is 13.0. The van der Waals surface area contributed by atoms with Crippen molar-refractivity contribution >= 4 is 45.6 Å². The zero-order valence-corrected chi connectivity index (χ0v) is 16.4. The number of nitrogens with zero attached hydrogens (tertiary/aromatic N) is 1. The lowest BCUT2D eigenvalue weighted by molar-refractivity contribution is 0.239. The van der Waals surface area contributed by atoms with Crippen molar-refractivity contribution in [1.82, 2.24) is 14.9 Å². The third-order valence-corrected chi connectivity index (χ3v) is 5.71. The van der Waals surface area contributed by atoms with E-state index >= 15 is 0 Å². The van der Waals surface area contributed by atoms with Gasteiger partial charge in [0.25, 0.3) is 0 Å². The molecule has 1 fully saturated rings. The van der Waals surface area contributed by atoms with Gasteiger partial charge in [0, 0.05) is 38.1 Å². The molecule has 2 aromatic carbocycles. The Balaban J connectivity index is 0.00000156. The monoisotopic (exact) mass is 405 g/mol. The lowest BCUT2D eigenvalue weighted by Crippen LogP contribution is -2.44. The van der Waals surface area contributed by atoms with Crippen molar-refractivity contribution in [3.05, 3.63) is 42.5 Å². The number of nitrogens with one attached hydrogen (secondary N) is 2. The highest BCUT2D eigenvalue weighted by Gasteiger charge is 2.16. The molecule has 5 nitrogen and oxygen atoms in total. The first kappa shape index (κ1) is 22.2. The average Bonchev–Trinajstić information content (AvgIpc) is 2.59. The molecule has 2 aromatic rings. The van der Waals surface area contributed by atoms with Gasteiger partial charge in [-0.2, -0.15) is 0 Å². The van der Waals surface area contributed by atoms with Gasteiger partial charge in [-0.05, 0) is 24.4 Å². The van der Waals surface area contributed by atoms with Crippen molar-refractivity contribution in [2.75, 3.05) is 39.3 Å². The van der Waals surface area contributed by atoms with E-state index in [-0.39, 0.29) is 24.8 Å². The number of fused-ring (bicyclic) bond motifs is 1. The molecule has 0 spiro atoms. The maximum Gasteiger partial charge on any atom is 0.241 e. The molecule has 1 aliphatic rings. The van der Waals surface area contributed by atoms with Gasteiger partial charge in [-0.25, -0.2) is 13.1 Å². The fourth-order valence-electron chi connectivity index (χ4n) is 2.95. The van der Waals surface area contributed by atoms with E-state index in [9.17, 15) is 8.42 Å². The number of sulfonamides is 1. The molecule has 0 bridgehead atoms. The van der Waals surface area contributed by atoms with Gasteiger partial charge in [0.2, 0.25) is 10.0 Å². The van der Waals surface area contributed by atoms with Crippen molar-refractivity contribution in [3.8, 4) is 0 Å². The van der Waals surface area contributed by atoms with Crippen LogP contribution in [0, 0.1) is 0 Å². The molecular weight excluding hydrogens is 381 g/mol. The zero-order chi connectivity index (χ0) is 16.1. The van der Waals surface area contributed by atoms with Gasteiger partial charge in [0.05, 0.1) is 4.90 Å². The molecule has 3 rings (SSSR count). The largest absolute Gasteiger partial charge is 0.314 e. The third kappa shape index (κ3) is 5.81. The molecule has 0 radical (unpaired) electrons. The topological polar surface area (TPSA) is 61.4 Å². The van der Waals surface area contributed by atoms with Crippen molar-refractivity contribution in [1.29, 1.82) is 0 Å². The standard InChI is InChI=1S/C17H23N3O2S.2ClH/c21-23(22,19-9-4-12-20-13-10-18-11-14-20)17-8-3-6-15-5-1-2-7-16(15)17;;/h1-3,5-8,18-19H,4,9-14H2;2*1H. The smallest absolute Gasteiger partial charge is 0.241 e. The van der Waals surface area contributed by atoms with E-state index in [1.54, 1.807) is 12.1 Å². The molecule has 0 amide bonds. The first-order chi connectivity index (χ1) is 11.2. The van der Waals surface area contributed by atoms with E-state index in [2.05, 4.69) is 14.9 Å². The van der Waals surface area contributed by atoms with Crippen LogP contribution in [0.3, 0.4) is 0 Å². The van der Waals surface area contributed by atoms with Crippen LogP contribution in [-0.4, -0.2) is 52.6 Å². The molecule has 25 heavy (non-hydrogen) atoms. The van der Waals surface area contributed by atoms with Crippen LogP contribution in [0.5, 0.6) is 0 Å². The summed E-state index contributed by atoms with van der Waals surface area (Å²) in [7, 11) is -3.47. The van der Waals surface area contributed by atoms with Crippen LogP contribution in [0.4, 0.5) is 0 Å². The minimum Gasteiger partial charge on any atom is -0.314 e. The second-order valence-corrected chi connectivity index (χ2v) is 7.56. The summed E-state index contributed by atoms with van der Waals surface area (Å²) in [4.78, 5) is 2.72. The van der Waals surface area contributed by atoms with Crippen LogP contribution in [0.2, 0.25) is 0 Å². The Hall–Kier alpha value is -0.890. The van der Waals surface area contributed by atoms with E-state index in [0.29, 0.717) is 11.4 Å². The Kier molecular flexibility index (Phi) is 9.13. The maximum atomic E-state index is 12.6. The van der Waals surface area contributed by atoms with Gasteiger partial charge in [-0.3, -0.25) is 0 Å². The third-order valence-electron chi connectivity index (χ3n) is 4.19. The SMILES string of the molecule is Cl.Cl.O=S(=O)(NCCCN1CCNCC1)c1cccc2ccccc12. The predicted molar refractivity (Wildman–Crippen MR) is 108 cm³/mol. The molecule has 1 aliphatic heterocycles. The number of hydrogen-bond acceptors (Lipinski definition) is 4. The summed E-state index contributed by atoms with van der Waals surface area (Å²) < 4.78 is 27.9. The average molecular weight is 406 g/mol. The van der Waals surface area contributed by atoms with Crippen molar-refractivity contribution < 1.29 is 8.42 Å². The summed E-state index contributed by atoms with van der Waals surface area (Å²) in [6.07, 6.45) is 0.823. The lowest BCUT2D eigenvalue weighted by Gasteiger charge is -2.27. The number of halogens is 2. The highest BCUT2D eigenvalue weighted by molar-refractivity contribution is 7.89. The van der Waals surface area contributed by atoms with Crippen LogP contribution < -0.4 is 10.0 Å². The fourth-order valence-corrected chi connectivity index (χ4v) is 4.25. The second-order valence-electron chi connectivity index (χ2n) is 5.82. The molecule has 1 heterocycles. The van der Waals surface area contributed by atoms with E-state index in [0.717, 1.165) is 49.9 Å². The summed E-state index contributed by atoms with van der Waals surface area (Å²) in [5.41, 5.74) is 0. The molecular formula is C17H25Cl2N3O2S. The normalized spacial score (nSPS) is 15.4. The van der Waals surface area contributed by atoms with E-state index in [1.807, 2.05) is 30.3 Å². The fraction of sp³-hybridized carbons (Fsp3) is 0.412.